The predicted molar refractivity (Wildman–Crippen MR) is 71.0 cm³/mol. The number of alkyl halides is 2. The van der Waals surface area contributed by atoms with E-state index in [0.29, 0.717) is 6.54 Å². The summed E-state index contributed by atoms with van der Waals surface area (Å²) in [6, 6.07) is 1.19. The number of carbonyl (C=O) groups is 1. The van der Waals surface area contributed by atoms with Crippen molar-refractivity contribution in [3.8, 4) is 6.07 Å². The maximum Gasteiger partial charge on any atom is 0.344 e. The molecular weight excluding hydrogens is 280 g/mol. The van der Waals surface area contributed by atoms with E-state index in [1.54, 1.807) is 4.90 Å². The largest absolute Gasteiger partial charge is 0.344 e. The van der Waals surface area contributed by atoms with Gasteiger partial charge in [-0.25, -0.2) is 13.6 Å². The summed E-state index contributed by atoms with van der Waals surface area (Å²) in [5, 5.41) is 12.5. The van der Waals surface area contributed by atoms with Crippen LogP contribution in [-0.2, 0) is 0 Å². The van der Waals surface area contributed by atoms with Crippen LogP contribution in [0.5, 0.6) is 0 Å². The second kappa shape index (κ2) is 5.77. The molecule has 1 aliphatic heterocycles. The number of rotatable bonds is 1. The lowest BCUT2D eigenvalue weighted by Crippen LogP contribution is -2.44. The van der Waals surface area contributed by atoms with Gasteiger partial charge in [0.15, 0.2) is 0 Å². The van der Waals surface area contributed by atoms with E-state index in [0.717, 1.165) is 9.58 Å². The molecule has 0 aromatic carbocycles. The molecule has 21 heavy (non-hydrogen) atoms. The summed E-state index contributed by atoms with van der Waals surface area (Å²) < 4.78 is 28.8. The summed E-state index contributed by atoms with van der Waals surface area (Å²) in [6.45, 7) is 3.27. The molecule has 2 heterocycles. The minimum Gasteiger partial charge on any atom is -0.315 e. The van der Waals surface area contributed by atoms with Crippen LogP contribution >= 0.6 is 0 Å². The molecule has 0 spiro atoms. The van der Waals surface area contributed by atoms with Crippen LogP contribution in [0.3, 0.4) is 0 Å². The zero-order chi connectivity index (χ0) is 15.6. The van der Waals surface area contributed by atoms with E-state index in [1.165, 1.54) is 12.4 Å². The number of nitrogens with zero attached hydrogens (tertiary/aromatic N) is 5. The van der Waals surface area contributed by atoms with Gasteiger partial charge in [-0.15, -0.1) is 0 Å². The molecule has 0 aliphatic carbocycles. The Kier molecular flexibility index (Phi) is 4.23. The Morgan fingerprint density at radius 1 is 1.43 bits per heavy atom. The van der Waals surface area contributed by atoms with E-state index in [1.807, 2.05) is 19.9 Å². The van der Waals surface area contributed by atoms with Gasteiger partial charge in [-0.05, 0) is 13.8 Å². The van der Waals surface area contributed by atoms with E-state index in [9.17, 15) is 13.6 Å². The molecule has 1 aromatic rings. The number of nitriles is 1. The molecule has 1 aliphatic rings. The van der Waals surface area contributed by atoms with E-state index >= 15 is 0 Å². The third-order valence-corrected chi connectivity index (χ3v) is 3.42. The summed E-state index contributed by atoms with van der Waals surface area (Å²) in [5.74, 6) is -2.97. The molecule has 0 atom stereocenters. The fourth-order valence-corrected chi connectivity index (χ4v) is 2.27. The molecule has 1 fully saturated rings. The second-order valence-electron chi connectivity index (χ2n) is 5.41. The van der Waals surface area contributed by atoms with E-state index in [2.05, 4.69) is 5.10 Å². The van der Waals surface area contributed by atoms with Crippen molar-refractivity contribution in [1.82, 2.24) is 19.6 Å². The Morgan fingerprint density at radius 3 is 2.71 bits per heavy atom. The van der Waals surface area contributed by atoms with Crippen molar-refractivity contribution in [2.75, 3.05) is 26.2 Å². The fraction of sp³-hybridized carbons (Fsp3) is 0.615. The van der Waals surface area contributed by atoms with Crippen LogP contribution in [0, 0.1) is 11.3 Å². The Hall–Kier alpha value is -2.01. The predicted octanol–water partition coefficient (Wildman–Crippen LogP) is 1.38. The average Bonchev–Trinajstić information content (AvgIpc) is 2.82. The Morgan fingerprint density at radius 2 is 2.14 bits per heavy atom. The van der Waals surface area contributed by atoms with Crippen molar-refractivity contribution in [1.29, 1.82) is 5.26 Å². The average molecular weight is 297 g/mol. The summed E-state index contributed by atoms with van der Waals surface area (Å²) in [6.07, 6.45) is 2.47. The highest BCUT2D eigenvalue weighted by molar-refractivity contribution is 5.76. The first kappa shape index (κ1) is 15.4. The number of hydrogen-bond donors (Lipinski definition) is 0. The molecule has 0 bridgehead atoms. The van der Waals surface area contributed by atoms with Crippen molar-refractivity contribution in [2.45, 2.75) is 25.8 Å². The number of halogens is 2. The molecule has 2 rings (SSSR count). The van der Waals surface area contributed by atoms with E-state index < -0.39 is 18.5 Å². The molecule has 0 N–H and O–H groups in total. The summed E-state index contributed by atoms with van der Waals surface area (Å²) in [5.41, 5.74) is 0.216. The minimum absolute atomic E-state index is 0.0131. The summed E-state index contributed by atoms with van der Waals surface area (Å²) >= 11 is 0. The second-order valence-corrected chi connectivity index (χ2v) is 5.41. The van der Waals surface area contributed by atoms with Crippen LogP contribution < -0.4 is 0 Å². The van der Waals surface area contributed by atoms with Gasteiger partial charge in [-0.3, -0.25) is 4.90 Å². The first-order valence-electron chi connectivity index (χ1n) is 6.68. The highest BCUT2D eigenvalue weighted by Crippen LogP contribution is 2.22. The van der Waals surface area contributed by atoms with Crippen LogP contribution in [0.2, 0.25) is 0 Å². The summed E-state index contributed by atoms with van der Waals surface area (Å²) in [7, 11) is 0. The quantitative estimate of drug-likeness (QED) is 0.785. The van der Waals surface area contributed by atoms with Gasteiger partial charge < -0.3 is 4.90 Å². The van der Waals surface area contributed by atoms with E-state index in [4.69, 9.17) is 5.26 Å². The van der Waals surface area contributed by atoms with Crippen LogP contribution in [0.4, 0.5) is 13.6 Å². The molecule has 8 heteroatoms. The maximum atomic E-state index is 14.0. The molecule has 0 radical (unpaired) electrons. The highest BCUT2D eigenvalue weighted by Gasteiger charge is 2.39. The minimum atomic E-state index is -2.97. The summed E-state index contributed by atoms with van der Waals surface area (Å²) in [4.78, 5) is 14.9. The molecule has 1 amide bonds. The molecule has 0 unspecified atom stereocenters. The standard InChI is InChI=1S/C13H17F2N5O/c1-10(2)18-3-4-19(9-13(14,15)8-18)12(21)20-7-11(5-16)6-17-20/h6-7,10H,3-4,8-9H2,1-2H3. The van der Waals surface area contributed by atoms with Crippen LogP contribution in [0.25, 0.3) is 0 Å². The van der Waals surface area contributed by atoms with Crippen LogP contribution in [-0.4, -0.2) is 63.8 Å². The van der Waals surface area contributed by atoms with E-state index in [-0.39, 0.29) is 24.7 Å². The van der Waals surface area contributed by atoms with Crippen molar-refractivity contribution < 1.29 is 13.6 Å². The van der Waals surface area contributed by atoms with Gasteiger partial charge in [-0.1, -0.05) is 0 Å². The van der Waals surface area contributed by atoms with Crippen LogP contribution in [0.1, 0.15) is 19.4 Å². The smallest absolute Gasteiger partial charge is 0.315 e. The van der Waals surface area contributed by atoms with Gasteiger partial charge in [0.05, 0.1) is 31.0 Å². The molecule has 1 saturated heterocycles. The zero-order valence-corrected chi connectivity index (χ0v) is 12.0. The van der Waals surface area contributed by atoms with Gasteiger partial charge in [0.2, 0.25) is 0 Å². The van der Waals surface area contributed by atoms with Gasteiger partial charge in [0.1, 0.15) is 6.07 Å². The lowest BCUT2D eigenvalue weighted by atomic mass is 10.2. The third-order valence-electron chi connectivity index (χ3n) is 3.42. The zero-order valence-electron chi connectivity index (χ0n) is 12.0. The van der Waals surface area contributed by atoms with Gasteiger partial charge in [-0.2, -0.15) is 15.0 Å². The van der Waals surface area contributed by atoms with Gasteiger partial charge in [0, 0.05) is 19.1 Å². The van der Waals surface area contributed by atoms with Crippen molar-refractivity contribution in [3.05, 3.63) is 18.0 Å². The molecule has 114 valence electrons. The molecule has 6 nitrogen and oxygen atoms in total. The van der Waals surface area contributed by atoms with Crippen molar-refractivity contribution >= 4 is 6.03 Å². The topological polar surface area (TPSA) is 65.2 Å². The third kappa shape index (κ3) is 3.55. The van der Waals surface area contributed by atoms with Crippen molar-refractivity contribution in [3.63, 3.8) is 0 Å². The first-order chi connectivity index (χ1) is 9.82. The number of hydrogen-bond acceptors (Lipinski definition) is 4. The van der Waals surface area contributed by atoms with Gasteiger partial charge in [0.25, 0.3) is 5.92 Å². The molecular formula is C13H17F2N5O. The Balaban J connectivity index is 2.16. The lowest BCUT2D eigenvalue weighted by molar-refractivity contribution is -0.0370. The number of aromatic nitrogens is 2. The van der Waals surface area contributed by atoms with Crippen LogP contribution in [0.15, 0.2) is 12.4 Å². The maximum absolute atomic E-state index is 14.0. The molecule has 0 saturated carbocycles. The monoisotopic (exact) mass is 297 g/mol. The SMILES string of the molecule is CC(C)N1CCN(C(=O)n2cc(C#N)cn2)CC(F)(F)C1. The Labute approximate surface area is 121 Å². The van der Waals surface area contributed by atoms with Gasteiger partial charge >= 0.3 is 6.03 Å². The molecule has 1 aromatic heterocycles. The normalized spacial score (nSPS) is 19.3. The first-order valence-corrected chi connectivity index (χ1v) is 6.68. The van der Waals surface area contributed by atoms with Crippen molar-refractivity contribution in [2.24, 2.45) is 0 Å². The lowest BCUT2D eigenvalue weighted by Gasteiger charge is -2.26. The number of carbonyl (C=O) groups excluding carboxylic acids is 1. The highest BCUT2D eigenvalue weighted by atomic mass is 19.3. The number of amides is 1. The Bertz CT molecular complexity index is 563. The fourth-order valence-electron chi connectivity index (χ4n) is 2.27.